The summed E-state index contributed by atoms with van der Waals surface area (Å²) in [5.41, 5.74) is 1.41. The van der Waals surface area contributed by atoms with Crippen molar-refractivity contribution in [1.29, 1.82) is 0 Å². The molecule has 0 bridgehead atoms. The first-order valence-electron chi connectivity index (χ1n) is 6.53. The van der Waals surface area contributed by atoms with Crippen molar-refractivity contribution in [2.45, 2.75) is 31.7 Å². The molecule has 1 aliphatic heterocycles. The zero-order chi connectivity index (χ0) is 11.9. The monoisotopic (exact) mass is 296 g/mol. The SMILES string of the molecule is Brc1ccc(CCNC2CCCNCC2)cc1. The van der Waals surface area contributed by atoms with E-state index in [2.05, 4.69) is 50.8 Å². The largest absolute Gasteiger partial charge is 0.317 e. The lowest BCUT2D eigenvalue weighted by Crippen LogP contribution is -2.31. The molecule has 1 fully saturated rings. The highest BCUT2D eigenvalue weighted by Gasteiger charge is 2.10. The van der Waals surface area contributed by atoms with Crippen LogP contribution < -0.4 is 10.6 Å². The topological polar surface area (TPSA) is 24.1 Å². The molecule has 1 atom stereocenters. The van der Waals surface area contributed by atoms with Crippen molar-refractivity contribution in [2.75, 3.05) is 19.6 Å². The van der Waals surface area contributed by atoms with E-state index in [9.17, 15) is 0 Å². The number of nitrogens with one attached hydrogen (secondary N) is 2. The third-order valence-corrected chi connectivity index (χ3v) is 3.86. The molecule has 0 spiro atoms. The molecule has 17 heavy (non-hydrogen) atoms. The predicted molar refractivity (Wildman–Crippen MR) is 76.4 cm³/mol. The van der Waals surface area contributed by atoms with E-state index in [4.69, 9.17) is 0 Å². The normalized spacial score (nSPS) is 21.1. The van der Waals surface area contributed by atoms with Crippen LogP contribution in [0.4, 0.5) is 0 Å². The molecule has 0 aliphatic carbocycles. The van der Waals surface area contributed by atoms with E-state index < -0.39 is 0 Å². The molecule has 1 aliphatic rings. The van der Waals surface area contributed by atoms with E-state index in [1.165, 1.54) is 31.4 Å². The molecule has 2 rings (SSSR count). The van der Waals surface area contributed by atoms with Crippen LogP contribution in [0.25, 0.3) is 0 Å². The zero-order valence-corrected chi connectivity index (χ0v) is 11.8. The summed E-state index contributed by atoms with van der Waals surface area (Å²) in [5, 5.41) is 7.12. The Labute approximate surface area is 112 Å². The van der Waals surface area contributed by atoms with Crippen LogP contribution in [0, 0.1) is 0 Å². The van der Waals surface area contributed by atoms with Crippen LogP contribution in [-0.4, -0.2) is 25.7 Å². The smallest absolute Gasteiger partial charge is 0.0175 e. The van der Waals surface area contributed by atoms with Gasteiger partial charge in [-0.2, -0.15) is 0 Å². The second kappa shape index (κ2) is 7.14. The lowest BCUT2D eigenvalue weighted by molar-refractivity contribution is 0.472. The minimum absolute atomic E-state index is 0.709. The van der Waals surface area contributed by atoms with Crippen molar-refractivity contribution < 1.29 is 0 Å². The Hall–Kier alpha value is -0.380. The van der Waals surface area contributed by atoms with Crippen molar-refractivity contribution in [3.8, 4) is 0 Å². The summed E-state index contributed by atoms with van der Waals surface area (Å²) >= 11 is 3.46. The van der Waals surface area contributed by atoms with Gasteiger partial charge in [0.05, 0.1) is 0 Å². The van der Waals surface area contributed by atoms with Gasteiger partial charge >= 0.3 is 0 Å². The molecule has 1 saturated heterocycles. The van der Waals surface area contributed by atoms with E-state index in [1.54, 1.807) is 0 Å². The maximum absolute atomic E-state index is 3.67. The first kappa shape index (κ1) is 13.1. The standard InChI is InChI=1S/C14H21BrN2/c15-13-5-3-12(4-6-13)7-11-17-14-2-1-9-16-10-8-14/h3-6,14,16-17H,1-2,7-11H2. The molecular weight excluding hydrogens is 276 g/mol. The fourth-order valence-corrected chi connectivity index (χ4v) is 2.56. The minimum Gasteiger partial charge on any atom is -0.317 e. The first-order valence-corrected chi connectivity index (χ1v) is 7.32. The molecule has 0 aromatic heterocycles. The maximum atomic E-state index is 3.67. The molecular formula is C14H21BrN2. The van der Waals surface area contributed by atoms with Gasteiger partial charge in [0.1, 0.15) is 0 Å². The van der Waals surface area contributed by atoms with Crippen molar-refractivity contribution in [1.82, 2.24) is 10.6 Å². The average Bonchev–Trinajstić information content (AvgIpc) is 2.60. The van der Waals surface area contributed by atoms with Crippen molar-refractivity contribution in [3.05, 3.63) is 34.3 Å². The van der Waals surface area contributed by atoms with Gasteiger partial charge in [-0.25, -0.2) is 0 Å². The molecule has 2 N–H and O–H groups in total. The maximum Gasteiger partial charge on any atom is 0.0175 e. The number of benzene rings is 1. The summed E-state index contributed by atoms with van der Waals surface area (Å²) in [7, 11) is 0. The lowest BCUT2D eigenvalue weighted by atomic mass is 10.1. The van der Waals surface area contributed by atoms with Crippen LogP contribution in [-0.2, 0) is 6.42 Å². The molecule has 0 amide bonds. The Morgan fingerprint density at radius 3 is 2.82 bits per heavy atom. The fourth-order valence-electron chi connectivity index (χ4n) is 2.29. The van der Waals surface area contributed by atoms with Crippen molar-refractivity contribution in [2.24, 2.45) is 0 Å². The van der Waals surface area contributed by atoms with Crippen LogP contribution in [0.2, 0.25) is 0 Å². The molecule has 0 radical (unpaired) electrons. The third kappa shape index (κ3) is 4.78. The van der Waals surface area contributed by atoms with E-state index in [0.717, 1.165) is 24.0 Å². The van der Waals surface area contributed by atoms with Gasteiger partial charge in [-0.15, -0.1) is 0 Å². The lowest BCUT2D eigenvalue weighted by Gasteiger charge is -2.15. The van der Waals surface area contributed by atoms with Gasteiger partial charge in [0.2, 0.25) is 0 Å². The number of rotatable bonds is 4. The molecule has 1 heterocycles. The van der Waals surface area contributed by atoms with Gasteiger partial charge in [0.15, 0.2) is 0 Å². The fraction of sp³-hybridized carbons (Fsp3) is 0.571. The van der Waals surface area contributed by atoms with Crippen LogP contribution in [0.5, 0.6) is 0 Å². The second-order valence-corrected chi connectivity index (χ2v) is 5.62. The van der Waals surface area contributed by atoms with Gasteiger partial charge in [-0.05, 0) is 63.0 Å². The summed E-state index contributed by atoms with van der Waals surface area (Å²) in [6.45, 7) is 3.44. The van der Waals surface area contributed by atoms with Crippen molar-refractivity contribution >= 4 is 15.9 Å². The third-order valence-electron chi connectivity index (χ3n) is 3.34. The Kier molecular flexibility index (Phi) is 5.49. The van der Waals surface area contributed by atoms with E-state index in [0.29, 0.717) is 6.04 Å². The van der Waals surface area contributed by atoms with Gasteiger partial charge in [-0.3, -0.25) is 0 Å². The summed E-state index contributed by atoms with van der Waals surface area (Å²) in [6, 6.07) is 9.33. The van der Waals surface area contributed by atoms with Gasteiger partial charge in [-0.1, -0.05) is 28.1 Å². The van der Waals surface area contributed by atoms with Crippen LogP contribution >= 0.6 is 15.9 Å². The summed E-state index contributed by atoms with van der Waals surface area (Å²) < 4.78 is 1.16. The number of hydrogen-bond acceptors (Lipinski definition) is 2. The number of halogens is 1. The molecule has 94 valence electrons. The Morgan fingerprint density at radius 2 is 2.00 bits per heavy atom. The molecule has 0 saturated carbocycles. The molecule has 1 aromatic rings. The average molecular weight is 297 g/mol. The van der Waals surface area contributed by atoms with E-state index >= 15 is 0 Å². The van der Waals surface area contributed by atoms with Gasteiger partial charge in [0, 0.05) is 10.5 Å². The summed E-state index contributed by atoms with van der Waals surface area (Å²) in [5.74, 6) is 0. The Morgan fingerprint density at radius 1 is 1.18 bits per heavy atom. The number of hydrogen-bond donors (Lipinski definition) is 2. The van der Waals surface area contributed by atoms with Gasteiger partial charge in [0.25, 0.3) is 0 Å². The minimum atomic E-state index is 0.709. The van der Waals surface area contributed by atoms with Crippen molar-refractivity contribution in [3.63, 3.8) is 0 Å². The highest BCUT2D eigenvalue weighted by atomic mass is 79.9. The van der Waals surface area contributed by atoms with Gasteiger partial charge < -0.3 is 10.6 Å². The molecule has 2 nitrogen and oxygen atoms in total. The zero-order valence-electron chi connectivity index (χ0n) is 10.2. The van der Waals surface area contributed by atoms with E-state index in [1.807, 2.05) is 0 Å². The quantitative estimate of drug-likeness (QED) is 0.893. The summed E-state index contributed by atoms with van der Waals surface area (Å²) in [6.07, 6.45) is 5.00. The second-order valence-electron chi connectivity index (χ2n) is 4.71. The Balaban J connectivity index is 1.69. The van der Waals surface area contributed by atoms with Crippen LogP contribution in [0.3, 0.4) is 0 Å². The highest BCUT2D eigenvalue weighted by molar-refractivity contribution is 9.10. The Bertz CT molecular complexity index is 315. The van der Waals surface area contributed by atoms with Crippen LogP contribution in [0.15, 0.2) is 28.7 Å². The van der Waals surface area contributed by atoms with E-state index in [-0.39, 0.29) is 0 Å². The molecule has 3 heteroatoms. The molecule has 1 aromatic carbocycles. The highest BCUT2D eigenvalue weighted by Crippen LogP contribution is 2.11. The van der Waals surface area contributed by atoms with Crippen LogP contribution in [0.1, 0.15) is 24.8 Å². The molecule has 1 unspecified atom stereocenters. The summed E-state index contributed by atoms with van der Waals surface area (Å²) in [4.78, 5) is 0. The predicted octanol–water partition coefficient (Wildman–Crippen LogP) is 2.72. The first-order chi connectivity index (χ1) is 8.34.